The van der Waals surface area contributed by atoms with E-state index in [0.29, 0.717) is 25.9 Å². The Morgan fingerprint density at radius 3 is 2.28 bits per heavy atom. The van der Waals surface area contributed by atoms with E-state index in [0.717, 1.165) is 18.7 Å². The Morgan fingerprint density at radius 2 is 1.56 bits per heavy atom. The Hall–Kier alpha value is -3.12. The number of carbonyl (C=O) groups excluding carboxylic acids is 2. The van der Waals surface area contributed by atoms with Gasteiger partial charge in [-0.25, -0.2) is 4.79 Å². The number of para-hydroxylation sites is 1. The lowest BCUT2D eigenvalue weighted by atomic mass is 9.89. The van der Waals surface area contributed by atoms with E-state index < -0.39 is 0 Å². The van der Waals surface area contributed by atoms with Crippen LogP contribution in [0.5, 0.6) is 0 Å². The number of piperidine rings is 1. The van der Waals surface area contributed by atoms with Crippen molar-refractivity contribution in [3.8, 4) is 0 Å². The maximum absolute atomic E-state index is 13.6. The van der Waals surface area contributed by atoms with E-state index in [1.165, 1.54) is 16.0 Å². The molecule has 2 aromatic carbocycles. The molecule has 0 spiro atoms. The van der Waals surface area contributed by atoms with Crippen LogP contribution in [0.1, 0.15) is 34.9 Å². The molecule has 1 atom stereocenters. The molecule has 32 heavy (non-hydrogen) atoms. The summed E-state index contributed by atoms with van der Waals surface area (Å²) in [5.74, 6) is 0.181. The number of anilines is 1. The molecule has 3 aromatic rings. The summed E-state index contributed by atoms with van der Waals surface area (Å²) in [6.45, 7) is 1.95. The molecule has 0 aliphatic carbocycles. The smallest absolute Gasteiger partial charge is 0.321 e. The number of fused-ring (bicyclic) bond motifs is 1. The fourth-order valence-electron chi connectivity index (χ4n) is 4.84. The second-order valence-electron chi connectivity index (χ2n) is 8.45. The summed E-state index contributed by atoms with van der Waals surface area (Å²) in [4.78, 5) is 31.5. The number of amides is 3. The van der Waals surface area contributed by atoms with Crippen molar-refractivity contribution in [2.24, 2.45) is 5.92 Å². The van der Waals surface area contributed by atoms with Crippen LogP contribution in [0.2, 0.25) is 0 Å². The van der Waals surface area contributed by atoms with Gasteiger partial charge in [-0.2, -0.15) is 0 Å². The van der Waals surface area contributed by atoms with E-state index in [-0.39, 0.29) is 23.9 Å². The molecule has 0 radical (unpaired) electrons. The number of hydrogen-bond acceptors (Lipinski definition) is 3. The molecule has 3 heterocycles. The van der Waals surface area contributed by atoms with Crippen LogP contribution in [-0.4, -0.2) is 41.4 Å². The molecule has 5 rings (SSSR count). The van der Waals surface area contributed by atoms with Crippen molar-refractivity contribution in [1.82, 2.24) is 9.80 Å². The quantitative estimate of drug-likeness (QED) is 0.605. The van der Waals surface area contributed by atoms with Crippen LogP contribution in [0.15, 0.2) is 72.1 Å². The SMILES string of the molecule is O=C(Nc1ccccc1)N1CCC(C(=O)N2CCc3sccc3C2c2ccccc2)CC1. The van der Waals surface area contributed by atoms with Gasteiger partial charge in [0.1, 0.15) is 0 Å². The Balaban J connectivity index is 1.27. The van der Waals surface area contributed by atoms with Gasteiger partial charge in [0.2, 0.25) is 5.91 Å². The first kappa shape index (κ1) is 20.8. The summed E-state index contributed by atoms with van der Waals surface area (Å²) in [6.07, 6.45) is 2.32. The molecular formula is C26H27N3O2S. The van der Waals surface area contributed by atoms with E-state index >= 15 is 0 Å². The van der Waals surface area contributed by atoms with E-state index in [1.807, 2.05) is 53.4 Å². The molecule has 1 fully saturated rings. The van der Waals surface area contributed by atoms with Crippen molar-refractivity contribution >= 4 is 29.0 Å². The zero-order valence-electron chi connectivity index (χ0n) is 17.9. The van der Waals surface area contributed by atoms with E-state index in [2.05, 4.69) is 33.8 Å². The Bertz CT molecular complexity index is 1070. The normalized spacial score (nSPS) is 18.8. The van der Waals surface area contributed by atoms with Crippen molar-refractivity contribution in [1.29, 1.82) is 0 Å². The largest absolute Gasteiger partial charge is 0.331 e. The summed E-state index contributed by atoms with van der Waals surface area (Å²) in [7, 11) is 0. The lowest BCUT2D eigenvalue weighted by Crippen LogP contribution is -2.48. The molecule has 5 nitrogen and oxygen atoms in total. The van der Waals surface area contributed by atoms with Crippen LogP contribution in [0.3, 0.4) is 0 Å². The Kier molecular flexibility index (Phi) is 5.95. The maximum Gasteiger partial charge on any atom is 0.321 e. The number of rotatable bonds is 3. The van der Waals surface area contributed by atoms with Gasteiger partial charge < -0.3 is 15.1 Å². The highest BCUT2D eigenvalue weighted by Crippen LogP contribution is 2.39. The highest BCUT2D eigenvalue weighted by atomic mass is 32.1. The fraction of sp³-hybridized carbons (Fsp3) is 0.308. The third-order valence-corrected chi connectivity index (χ3v) is 7.52. The van der Waals surface area contributed by atoms with Gasteiger partial charge in [-0.3, -0.25) is 4.79 Å². The van der Waals surface area contributed by atoms with Crippen molar-refractivity contribution in [2.45, 2.75) is 25.3 Å². The molecule has 1 N–H and O–H groups in total. The fourth-order valence-corrected chi connectivity index (χ4v) is 5.74. The molecule has 164 valence electrons. The number of urea groups is 1. The zero-order chi connectivity index (χ0) is 21.9. The minimum Gasteiger partial charge on any atom is -0.331 e. The van der Waals surface area contributed by atoms with Gasteiger partial charge in [-0.05, 0) is 54.0 Å². The second-order valence-corrected chi connectivity index (χ2v) is 9.45. The molecule has 1 unspecified atom stereocenters. The third kappa shape index (κ3) is 4.15. The number of likely N-dealkylation sites (tertiary alicyclic amines) is 1. The molecular weight excluding hydrogens is 418 g/mol. The highest BCUT2D eigenvalue weighted by Gasteiger charge is 2.37. The molecule has 2 aliphatic rings. The molecule has 0 saturated carbocycles. The van der Waals surface area contributed by atoms with Gasteiger partial charge in [0.15, 0.2) is 0 Å². The lowest BCUT2D eigenvalue weighted by molar-refractivity contribution is -0.139. The first-order valence-electron chi connectivity index (χ1n) is 11.2. The lowest BCUT2D eigenvalue weighted by Gasteiger charge is -2.40. The van der Waals surface area contributed by atoms with E-state index in [4.69, 9.17) is 0 Å². The van der Waals surface area contributed by atoms with Gasteiger partial charge in [-0.15, -0.1) is 11.3 Å². The van der Waals surface area contributed by atoms with Crippen LogP contribution in [0, 0.1) is 5.92 Å². The molecule has 2 aliphatic heterocycles. The third-order valence-electron chi connectivity index (χ3n) is 6.52. The van der Waals surface area contributed by atoms with Crippen molar-refractivity contribution in [3.05, 3.63) is 88.1 Å². The minimum atomic E-state index is -0.0925. The topological polar surface area (TPSA) is 52.7 Å². The summed E-state index contributed by atoms with van der Waals surface area (Å²) in [6, 6.07) is 21.9. The molecule has 6 heteroatoms. The average molecular weight is 446 g/mol. The summed E-state index contributed by atoms with van der Waals surface area (Å²) in [5, 5.41) is 5.09. The van der Waals surface area contributed by atoms with Gasteiger partial charge in [0.25, 0.3) is 0 Å². The summed E-state index contributed by atoms with van der Waals surface area (Å²) in [5.41, 5.74) is 3.22. The monoisotopic (exact) mass is 445 g/mol. The molecule has 0 bridgehead atoms. The predicted octanol–water partition coefficient (Wildman–Crippen LogP) is 5.17. The Morgan fingerprint density at radius 1 is 0.875 bits per heavy atom. The number of nitrogens with one attached hydrogen (secondary N) is 1. The number of benzene rings is 2. The zero-order valence-corrected chi connectivity index (χ0v) is 18.8. The first-order chi connectivity index (χ1) is 15.7. The maximum atomic E-state index is 13.6. The summed E-state index contributed by atoms with van der Waals surface area (Å²) >= 11 is 1.79. The number of thiophene rings is 1. The van der Waals surface area contributed by atoms with Crippen molar-refractivity contribution in [2.75, 3.05) is 25.0 Å². The van der Waals surface area contributed by atoms with E-state index in [1.54, 1.807) is 11.3 Å². The number of hydrogen-bond donors (Lipinski definition) is 1. The van der Waals surface area contributed by atoms with Crippen molar-refractivity contribution < 1.29 is 9.59 Å². The highest BCUT2D eigenvalue weighted by molar-refractivity contribution is 7.10. The molecule has 1 saturated heterocycles. The molecule has 1 aromatic heterocycles. The number of carbonyl (C=O) groups is 2. The Labute approximate surface area is 192 Å². The van der Waals surface area contributed by atoms with E-state index in [9.17, 15) is 9.59 Å². The van der Waals surface area contributed by atoms with Crippen molar-refractivity contribution in [3.63, 3.8) is 0 Å². The van der Waals surface area contributed by atoms with Crippen LogP contribution < -0.4 is 5.32 Å². The first-order valence-corrected chi connectivity index (χ1v) is 12.1. The van der Waals surface area contributed by atoms with Gasteiger partial charge >= 0.3 is 6.03 Å². The summed E-state index contributed by atoms with van der Waals surface area (Å²) < 4.78 is 0. The second kappa shape index (κ2) is 9.17. The van der Waals surface area contributed by atoms with Crippen LogP contribution in [-0.2, 0) is 11.2 Å². The minimum absolute atomic E-state index is 0.0156. The van der Waals surface area contributed by atoms with Gasteiger partial charge in [0, 0.05) is 36.1 Å². The van der Waals surface area contributed by atoms with Gasteiger partial charge in [-0.1, -0.05) is 48.5 Å². The predicted molar refractivity (Wildman–Crippen MR) is 128 cm³/mol. The van der Waals surface area contributed by atoms with Crippen LogP contribution in [0.25, 0.3) is 0 Å². The van der Waals surface area contributed by atoms with Crippen LogP contribution in [0.4, 0.5) is 10.5 Å². The van der Waals surface area contributed by atoms with Gasteiger partial charge in [0.05, 0.1) is 6.04 Å². The van der Waals surface area contributed by atoms with Crippen LogP contribution >= 0.6 is 11.3 Å². The standard InChI is InChI=1S/C26H27N3O2S/c30-25(20-11-15-28(16-12-20)26(31)27-21-9-5-2-6-10-21)29-17-13-23-22(14-18-32-23)24(29)19-7-3-1-4-8-19/h1-10,14,18,20,24H,11-13,15-17H2,(H,27,31). The molecule has 3 amide bonds. The average Bonchev–Trinajstić information content (AvgIpc) is 3.33. The number of nitrogens with zero attached hydrogens (tertiary/aromatic N) is 2.